The Morgan fingerprint density at radius 2 is 1.63 bits per heavy atom. The normalized spacial score (nSPS) is 12.8. The molecular weight excluding hydrogens is 380 g/mol. The molecule has 0 spiro atoms. The third-order valence-electron chi connectivity index (χ3n) is 3.45. The van der Waals surface area contributed by atoms with Gasteiger partial charge in [-0.2, -0.15) is 26.3 Å². The Morgan fingerprint density at radius 1 is 1.11 bits per heavy atom. The number of nitrogens with one attached hydrogen (secondary N) is 1. The molecular formula is C17H15F6NO3. The van der Waals surface area contributed by atoms with Gasteiger partial charge in [-0.3, -0.25) is 4.79 Å². The SMILES string of the molecule is C#CCCC[C@H](NC(=O)c1cc(C(F)(F)F)cc(C(F)(F)F)c1)C(=O)OC. The predicted octanol–water partition coefficient (Wildman–Crippen LogP) is 3.80. The number of rotatable bonds is 6. The second-order valence-corrected chi connectivity index (χ2v) is 5.44. The van der Waals surface area contributed by atoms with Crippen LogP contribution >= 0.6 is 0 Å². The predicted molar refractivity (Wildman–Crippen MR) is 82.4 cm³/mol. The maximum atomic E-state index is 12.9. The van der Waals surface area contributed by atoms with Gasteiger partial charge in [0.1, 0.15) is 6.04 Å². The van der Waals surface area contributed by atoms with E-state index in [1.54, 1.807) is 0 Å². The van der Waals surface area contributed by atoms with Gasteiger partial charge in [-0.15, -0.1) is 12.3 Å². The van der Waals surface area contributed by atoms with Crippen molar-refractivity contribution in [3.63, 3.8) is 0 Å². The average molecular weight is 395 g/mol. The number of carbonyl (C=O) groups is 2. The summed E-state index contributed by atoms with van der Waals surface area (Å²) in [4.78, 5) is 23.8. The molecule has 1 aromatic rings. The van der Waals surface area contributed by atoms with Gasteiger partial charge in [0, 0.05) is 12.0 Å². The highest BCUT2D eigenvalue weighted by atomic mass is 19.4. The zero-order valence-electron chi connectivity index (χ0n) is 14.0. The molecule has 10 heteroatoms. The largest absolute Gasteiger partial charge is 0.467 e. The van der Waals surface area contributed by atoms with Crippen LogP contribution in [-0.4, -0.2) is 25.0 Å². The smallest absolute Gasteiger partial charge is 0.416 e. The van der Waals surface area contributed by atoms with Crippen LogP contribution in [0.5, 0.6) is 0 Å². The molecule has 1 amide bonds. The highest BCUT2D eigenvalue weighted by Crippen LogP contribution is 2.36. The molecule has 0 unspecified atom stereocenters. The van der Waals surface area contributed by atoms with Crippen molar-refractivity contribution in [2.24, 2.45) is 0 Å². The first kappa shape index (κ1) is 22.3. The fraction of sp³-hybridized carbons (Fsp3) is 0.412. The fourth-order valence-electron chi connectivity index (χ4n) is 2.13. The van der Waals surface area contributed by atoms with Crippen molar-refractivity contribution in [2.75, 3.05) is 7.11 Å². The van der Waals surface area contributed by atoms with Gasteiger partial charge in [0.2, 0.25) is 0 Å². The number of benzene rings is 1. The van der Waals surface area contributed by atoms with E-state index in [4.69, 9.17) is 6.42 Å². The van der Waals surface area contributed by atoms with Crippen LogP contribution < -0.4 is 5.32 Å². The molecule has 0 aliphatic rings. The van der Waals surface area contributed by atoms with Crippen LogP contribution in [0.4, 0.5) is 26.3 Å². The highest BCUT2D eigenvalue weighted by molar-refractivity contribution is 5.97. The van der Waals surface area contributed by atoms with Gasteiger partial charge >= 0.3 is 18.3 Å². The molecule has 1 N–H and O–H groups in total. The summed E-state index contributed by atoms with van der Waals surface area (Å²) < 4.78 is 81.6. The number of unbranched alkanes of at least 4 members (excludes halogenated alkanes) is 1. The molecule has 0 aliphatic carbocycles. The number of alkyl halides is 6. The van der Waals surface area contributed by atoms with Crippen LogP contribution in [0.3, 0.4) is 0 Å². The second-order valence-electron chi connectivity index (χ2n) is 5.44. The lowest BCUT2D eigenvalue weighted by Crippen LogP contribution is -2.41. The summed E-state index contributed by atoms with van der Waals surface area (Å²) in [6.07, 6.45) is -4.57. The van der Waals surface area contributed by atoms with Crippen molar-refractivity contribution in [1.29, 1.82) is 0 Å². The van der Waals surface area contributed by atoms with E-state index in [0.29, 0.717) is 0 Å². The average Bonchev–Trinajstić information content (AvgIpc) is 2.58. The molecule has 1 atom stereocenters. The van der Waals surface area contributed by atoms with Crippen molar-refractivity contribution < 1.29 is 40.7 Å². The number of halogens is 6. The minimum Gasteiger partial charge on any atom is -0.467 e. The fourth-order valence-corrected chi connectivity index (χ4v) is 2.13. The van der Waals surface area contributed by atoms with Gasteiger partial charge in [0.25, 0.3) is 5.91 Å². The number of hydrogen-bond acceptors (Lipinski definition) is 3. The van der Waals surface area contributed by atoms with Crippen molar-refractivity contribution in [2.45, 2.75) is 37.7 Å². The van der Waals surface area contributed by atoms with Crippen LogP contribution in [-0.2, 0) is 21.9 Å². The van der Waals surface area contributed by atoms with E-state index in [9.17, 15) is 35.9 Å². The minimum absolute atomic E-state index is 0.00764. The number of amides is 1. The first-order valence-corrected chi connectivity index (χ1v) is 7.51. The van der Waals surface area contributed by atoms with Gasteiger partial charge in [-0.25, -0.2) is 4.79 Å². The first-order valence-electron chi connectivity index (χ1n) is 7.51. The van der Waals surface area contributed by atoms with Crippen LogP contribution in [0, 0.1) is 12.3 Å². The number of hydrogen-bond donors (Lipinski definition) is 1. The third-order valence-corrected chi connectivity index (χ3v) is 3.45. The zero-order chi connectivity index (χ0) is 20.8. The Kier molecular flexibility index (Phi) is 7.28. The van der Waals surface area contributed by atoms with Crippen LogP contribution in [0.2, 0.25) is 0 Å². The van der Waals surface area contributed by atoms with E-state index < -0.39 is 47.0 Å². The van der Waals surface area contributed by atoms with E-state index in [2.05, 4.69) is 16.0 Å². The highest BCUT2D eigenvalue weighted by Gasteiger charge is 2.37. The topological polar surface area (TPSA) is 55.4 Å². The van der Waals surface area contributed by atoms with Crippen LogP contribution in [0.15, 0.2) is 18.2 Å². The van der Waals surface area contributed by atoms with Crippen LogP contribution in [0.1, 0.15) is 40.7 Å². The lowest BCUT2D eigenvalue weighted by atomic mass is 10.0. The van der Waals surface area contributed by atoms with Crippen molar-refractivity contribution >= 4 is 11.9 Å². The molecule has 0 heterocycles. The summed E-state index contributed by atoms with van der Waals surface area (Å²) in [5.41, 5.74) is -4.16. The molecule has 0 saturated carbocycles. The van der Waals surface area contributed by atoms with Crippen molar-refractivity contribution in [3.05, 3.63) is 34.9 Å². The molecule has 4 nitrogen and oxygen atoms in total. The summed E-state index contributed by atoms with van der Waals surface area (Å²) in [5, 5.41) is 2.08. The number of ether oxygens (including phenoxy) is 1. The molecule has 27 heavy (non-hydrogen) atoms. The van der Waals surface area contributed by atoms with Crippen molar-refractivity contribution in [3.8, 4) is 12.3 Å². The number of terminal acetylenes is 1. The molecule has 0 aromatic heterocycles. The Morgan fingerprint density at radius 3 is 2.04 bits per heavy atom. The van der Waals surface area contributed by atoms with Gasteiger partial charge in [0.05, 0.1) is 18.2 Å². The minimum atomic E-state index is -5.09. The van der Waals surface area contributed by atoms with Gasteiger partial charge in [0.15, 0.2) is 0 Å². The molecule has 148 valence electrons. The van der Waals surface area contributed by atoms with E-state index in [1.165, 1.54) is 0 Å². The standard InChI is InChI=1S/C17H15F6NO3/c1-3-4-5-6-13(15(26)27-2)24-14(25)10-7-11(16(18,19)20)9-12(8-10)17(21,22)23/h1,7-9,13H,4-6H2,2H3,(H,24,25)/t13-/m0/s1. The summed E-state index contributed by atoms with van der Waals surface area (Å²) in [6.45, 7) is 0. The lowest BCUT2D eigenvalue weighted by Gasteiger charge is -2.18. The summed E-state index contributed by atoms with van der Waals surface area (Å²) in [5.74, 6) is 0.123. The van der Waals surface area contributed by atoms with E-state index in [0.717, 1.165) is 7.11 Å². The molecule has 0 aliphatic heterocycles. The van der Waals surface area contributed by atoms with E-state index in [1.807, 2.05) is 0 Å². The summed E-state index contributed by atoms with van der Waals surface area (Å²) in [7, 11) is 1.02. The van der Waals surface area contributed by atoms with E-state index in [-0.39, 0.29) is 37.5 Å². The molecule has 1 aromatic carbocycles. The molecule has 0 bridgehead atoms. The Hall–Kier alpha value is -2.70. The number of carbonyl (C=O) groups excluding carboxylic acids is 2. The van der Waals surface area contributed by atoms with E-state index >= 15 is 0 Å². The van der Waals surface area contributed by atoms with Gasteiger partial charge in [-0.05, 0) is 31.0 Å². The number of esters is 1. The third kappa shape index (κ3) is 6.51. The Labute approximate surface area is 150 Å². The number of methoxy groups -OCH3 is 1. The van der Waals surface area contributed by atoms with Gasteiger partial charge < -0.3 is 10.1 Å². The second kappa shape index (κ2) is 8.79. The summed E-state index contributed by atoms with van der Waals surface area (Å²) in [6, 6.07) is -0.804. The Balaban J connectivity index is 3.20. The molecule has 0 fully saturated rings. The molecule has 1 rings (SSSR count). The first-order chi connectivity index (χ1) is 12.4. The van der Waals surface area contributed by atoms with Gasteiger partial charge in [-0.1, -0.05) is 0 Å². The zero-order valence-corrected chi connectivity index (χ0v) is 14.0. The van der Waals surface area contributed by atoms with Crippen LogP contribution in [0.25, 0.3) is 0 Å². The monoisotopic (exact) mass is 395 g/mol. The maximum Gasteiger partial charge on any atom is 0.416 e. The Bertz CT molecular complexity index is 701. The lowest BCUT2D eigenvalue weighted by molar-refractivity contribution is -0.144. The van der Waals surface area contributed by atoms with Crippen molar-refractivity contribution in [1.82, 2.24) is 5.32 Å². The summed E-state index contributed by atoms with van der Waals surface area (Å²) >= 11 is 0. The molecule has 0 radical (unpaired) electrons. The quantitative estimate of drug-likeness (QED) is 0.345. The maximum absolute atomic E-state index is 12.9. The molecule has 0 saturated heterocycles.